The minimum Gasteiger partial charge on any atom is -0.396 e. The van der Waals surface area contributed by atoms with Crippen LogP contribution in [0.3, 0.4) is 0 Å². The molecular weight excluding hydrogens is 210 g/mol. The molecule has 0 aromatic heterocycles. The third-order valence-corrected chi connectivity index (χ3v) is 4.23. The summed E-state index contributed by atoms with van der Waals surface area (Å²) in [6, 6.07) is 0. The van der Waals surface area contributed by atoms with Gasteiger partial charge >= 0.3 is 0 Å². The highest BCUT2D eigenvalue weighted by atomic mass is 16.3. The molecule has 0 aliphatic heterocycles. The molecule has 2 nitrogen and oxygen atoms in total. The fourth-order valence-electron chi connectivity index (χ4n) is 2.99. The molecule has 1 saturated carbocycles. The second-order valence-corrected chi connectivity index (χ2v) is 5.70. The number of hydrogen-bond donors (Lipinski definition) is 2. The van der Waals surface area contributed by atoms with Crippen LogP contribution in [0.25, 0.3) is 0 Å². The average molecular weight is 241 g/mol. The molecule has 0 radical (unpaired) electrons. The molecule has 1 aliphatic rings. The smallest absolute Gasteiger partial charge is 0.0443 e. The summed E-state index contributed by atoms with van der Waals surface area (Å²) in [6.07, 6.45) is 12.3. The highest BCUT2D eigenvalue weighted by Crippen LogP contribution is 2.30. The van der Waals surface area contributed by atoms with Crippen molar-refractivity contribution in [2.75, 3.05) is 19.7 Å². The third kappa shape index (κ3) is 7.05. The fourth-order valence-corrected chi connectivity index (χ4v) is 2.99. The zero-order chi connectivity index (χ0) is 12.3. The van der Waals surface area contributed by atoms with E-state index in [4.69, 9.17) is 5.11 Å². The lowest BCUT2D eigenvalue weighted by atomic mass is 9.80. The van der Waals surface area contributed by atoms with Crippen LogP contribution >= 0.6 is 0 Å². The van der Waals surface area contributed by atoms with Crippen molar-refractivity contribution < 1.29 is 5.11 Å². The van der Waals surface area contributed by atoms with E-state index < -0.39 is 0 Å². The fraction of sp³-hybridized carbons (Fsp3) is 1.00. The van der Waals surface area contributed by atoms with Crippen LogP contribution in [0, 0.1) is 11.8 Å². The van der Waals surface area contributed by atoms with Crippen LogP contribution in [0.5, 0.6) is 0 Å². The molecule has 0 saturated heterocycles. The summed E-state index contributed by atoms with van der Waals surface area (Å²) in [6.45, 7) is 4.86. The van der Waals surface area contributed by atoms with Gasteiger partial charge in [0.25, 0.3) is 0 Å². The maximum Gasteiger partial charge on any atom is 0.0443 e. The van der Waals surface area contributed by atoms with Crippen molar-refractivity contribution in [3.05, 3.63) is 0 Å². The summed E-state index contributed by atoms with van der Waals surface area (Å²) >= 11 is 0. The van der Waals surface area contributed by atoms with E-state index in [2.05, 4.69) is 12.2 Å². The maximum atomic E-state index is 8.68. The lowest BCUT2D eigenvalue weighted by Crippen LogP contribution is -2.20. The van der Waals surface area contributed by atoms with Crippen LogP contribution in [0.4, 0.5) is 0 Å². The second-order valence-electron chi connectivity index (χ2n) is 5.70. The van der Waals surface area contributed by atoms with E-state index in [1.807, 2.05) is 0 Å². The SMILES string of the molecule is CC1CCCCCCC1CCCNCCCO. The zero-order valence-corrected chi connectivity index (χ0v) is 11.6. The van der Waals surface area contributed by atoms with Crippen LogP contribution in [0.2, 0.25) is 0 Å². The van der Waals surface area contributed by atoms with Gasteiger partial charge in [0.1, 0.15) is 0 Å². The summed E-state index contributed by atoms with van der Waals surface area (Å²) in [5.74, 6) is 1.91. The first-order chi connectivity index (χ1) is 8.34. The molecule has 2 atom stereocenters. The van der Waals surface area contributed by atoms with E-state index in [-0.39, 0.29) is 0 Å². The molecule has 2 unspecified atom stereocenters. The minimum atomic E-state index is 0.312. The number of rotatable bonds is 7. The highest BCUT2D eigenvalue weighted by Gasteiger charge is 2.18. The molecule has 1 rings (SSSR count). The van der Waals surface area contributed by atoms with Gasteiger partial charge in [-0.25, -0.2) is 0 Å². The molecule has 1 aliphatic carbocycles. The van der Waals surface area contributed by atoms with Gasteiger partial charge in [0.05, 0.1) is 0 Å². The van der Waals surface area contributed by atoms with E-state index >= 15 is 0 Å². The Morgan fingerprint density at radius 2 is 1.71 bits per heavy atom. The van der Waals surface area contributed by atoms with Gasteiger partial charge in [-0.05, 0) is 44.2 Å². The van der Waals surface area contributed by atoms with Crippen molar-refractivity contribution in [2.24, 2.45) is 11.8 Å². The van der Waals surface area contributed by atoms with E-state index in [0.717, 1.165) is 31.3 Å². The Bertz CT molecular complexity index is 172. The van der Waals surface area contributed by atoms with Crippen molar-refractivity contribution in [2.45, 2.75) is 64.7 Å². The molecule has 2 N–H and O–H groups in total. The molecule has 0 amide bonds. The Labute approximate surface area is 107 Å². The Kier molecular flexibility index (Phi) is 8.72. The van der Waals surface area contributed by atoms with Crippen molar-refractivity contribution in [3.8, 4) is 0 Å². The zero-order valence-electron chi connectivity index (χ0n) is 11.6. The van der Waals surface area contributed by atoms with Crippen molar-refractivity contribution >= 4 is 0 Å². The summed E-state index contributed by atoms with van der Waals surface area (Å²) < 4.78 is 0. The molecule has 0 bridgehead atoms. The van der Waals surface area contributed by atoms with Gasteiger partial charge in [0, 0.05) is 6.61 Å². The van der Waals surface area contributed by atoms with E-state index in [9.17, 15) is 0 Å². The van der Waals surface area contributed by atoms with E-state index in [0.29, 0.717) is 6.61 Å². The highest BCUT2D eigenvalue weighted by molar-refractivity contribution is 4.70. The molecule has 1 fully saturated rings. The van der Waals surface area contributed by atoms with E-state index in [1.54, 1.807) is 0 Å². The topological polar surface area (TPSA) is 32.3 Å². The predicted octanol–water partition coefficient (Wildman–Crippen LogP) is 3.35. The lowest BCUT2D eigenvalue weighted by Gasteiger charge is -2.26. The van der Waals surface area contributed by atoms with Gasteiger partial charge < -0.3 is 10.4 Å². The minimum absolute atomic E-state index is 0.312. The predicted molar refractivity (Wildman–Crippen MR) is 74.2 cm³/mol. The first-order valence-electron chi connectivity index (χ1n) is 7.66. The molecule has 0 spiro atoms. The van der Waals surface area contributed by atoms with E-state index in [1.165, 1.54) is 51.4 Å². The van der Waals surface area contributed by atoms with Crippen molar-refractivity contribution in [3.63, 3.8) is 0 Å². The summed E-state index contributed by atoms with van der Waals surface area (Å²) in [7, 11) is 0. The summed E-state index contributed by atoms with van der Waals surface area (Å²) in [4.78, 5) is 0. The van der Waals surface area contributed by atoms with Gasteiger partial charge in [0.15, 0.2) is 0 Å². The molecule has 0 heterocycles. The Balaban J connectivity index is 2.06. The first-order valence-corrected chi connectivity index (χ1v) is 7.66. The molecule has 2 heteroatoms. The van der Waals surface area contributed by atoms with Crippen LogP contribution in [-0.4, -0.2) is 24.8 Å². The standard InChI is InChI=1S/C15H31NO/c1-14-8-4-2-3-5-9-15(14)10-6-11-16-12-7-13-17/h14-17H,2-13H2,1H3. The number of aliphatic hydroxyl groups excluding tert-OH is 1. The maximum absolute atomic E-state index is 8.68. The Morgan fingerprint density at radius 1 is 1.00 bits per heavy atom. The molecular formula is C15H31NO. The monoisotopic (exact) mass is 241 g/mol. The van der Waals surface area contributed by atoms with Gasteiger partial charge in [-0.2, -0.15) is 0 Å². The van der Waals surface area contributed by atoms with Crippen LogP contribution in [0.1, 0.15) is 64.7 Å². The molecule has 102 valence electrons. The average Bonchev–Trinajstić information content (AvgIpc) is 2.32. The summed E-state index contributed by atoms with van der Waals surface area (Å²) in [5.41, 5.74) is 0. The Morgan fingerprint density at radius 3 is 2.47 bits per heavy atom. The normalized spacial score (nSPS) is 26.5. The van der Waals surface area contributed by atoms with Gasteiger partial charge in [-0.3, -0.25) is 0 Å². The summed E-state index contributed by atoms with van der Waals surface area (Å²) in [5, 5.41) is 12.1. The molecule has 0 aromatic carbocycles. The van der Waals surface area contributed by atoms with Crippen molar-refractivity contribution in [1.82, 2.24) is 5.32 Å². The van der Waals surface area contributed by atoms with Gasteiger partial charge in [-0.1, -0.05) is 45.4 Å². The van der Waals surface area contributed by atoms with Crippen molar-refractivity contribution in [1.29, 1.82) is 0 Å². The molecule has 17 heavy (non-hydrogen) atoms. The van der Waals surface area contributed by atoms with Gasteiger partial charge in [-0.15, -0.1) is 0 Å². The van der Waals surface area contributed by atoms with Crippen LogP contribution in [0.15, 0.2) is 0 Å². The number of aliphatic hydroxyl groups is 1. The van der Waals surface area contributed by atoms with Crippen LogP contribution < -0.4 is 5.32 Å². The Hall–Kier alpha value is -0.0800. The molecule has 0 aromatic rings. The number of hydrogen-bond acceptors (Lipinski definition) is 2. The first kappa shape index (κ1) is 15.0. The van der Waals surface area contributed by atoms with Crippen LogP contribution in [-0.2, 0) is 0 Å². The largest absolute Gasteiger partial charge is 0.396 e. The lowest BCUT2D eigenvalue weighted by molar-refractivity contribution is 0.258. The third-order valence-electron chi connectivity index (χ3n) is 4.23. The second kappa shape index (κ2) is 9.90. The quantitative estimate of drug-likeness (QED) is 0.670. The number of nitrogens with one attached hydrogen (secondary N) is 1. The van der Waals surface area contributed by atoms with Gasteiger partial charge in [0.2, 0.25) is 0 Å².